The third-order valence-electron chi connectivity index (χ3n) is 2.80. The lowest BCUT2D eigenvalue weighted by Crippen LogP contribution is -2.34. The first-order valence-electron chi connectivity index (χ1n) is 7.43. The Bertz CT molecular complexity index is 590. The average Bonchev–Trinajstić information content (AvgIpc) is 2.53. The van der Waals surface area contributed by atoms with E-state index in [0.717, 1.165) is 5.56 Å². The van der Waals surface area contributed by atoms with Gasteiger partial charge >= 0.3 is 12.1 Å². The Hall–Kier alpha value is -2.28. The topological polar surface area (TPSA) is 90.9 Å². The van der Waals surface area contributed by atoms with E-state index in [2.05, 4.69) is 4.74 Å². The zero-order valence-corrected chi connectivity index (χ0v) is 14.4. The number of nitrogens with one attached hydrogen (secondary N) is 1. The molecule has 0 atom stereocenters. The Labute approximate surface area is 145 Å². The second-order valence-electron chi connectivity index (χ2n) is 4.79. The van der Waals surface area contributed by atoms with E-state index in [4.69, 9.17) is 21.1 Å². The third kappa shape index (κ3) is 7.82. The van der Waals surface area contributed by atoms with E-state index in [-0.39, 0.29) is 13.0 Å². The molecule has 0 aromatic heterocycles. The highest BCUT2D eigenvalue weighted by atomic mass is 35.5. The quantitative estimate of drug-likeness (QED) is 0.568. The van der Waals surface area contributed by atoms with Gasteiger partial charge in [0.15, 0.2) is 6.61 Å². The van der Waals surface area contributed by atoms with E-state index >= 15 is 0 Å². The summed E-state index contributed by atoms with van der Waals surface area (Å²) in [6.45, 7) is 3.41. The molecule has 8 heteroatoms. The Kier molecular flexibility index (Phi) is 8.64. The van der Waals surface area contributed by atoms with Crippen LogP contribution in [0.5, 0.6) is 5.75 Å². The lowest BCUT2D eigenvalue weighted by molar-refractivity contribution is -0.148. The summed E-state index contributed by atoms with van der Waals surface area (Å²) < 4.78 is 14.7. The first kappa shape index (κ1) is 19.8. The maximum Gasteiger partial charge on any atom is 0.413 e. The summed E-state index contributed by atoms with van der Waals surface area (Å²) >= 11 is 5.91. The van der Waals surface area contributed by atoms with Crippen LogP contribution in [-0.4, -0.2) is 37.8 Å². The molecule has 0 radical (unpaired) electrons. The predicted octanol–water partition coefficient (Wildman–Crippen LogP) is 2.62. The van der Waals surface area contributed by atoms with Crippen molar-refractivity contribution in [1.82, 2.24) is 5.32 Å². The first-order chi connectivity index (χ1) is 11.4. The Morgan fingerprint density at radius 2 is 1.96 bits per heavy atom. The van der Waals surface area contributed by atoms with Gasteiger partial charge in [0.1, 0.15) is 5.75 Å². The second-order valence-corrected chi connectivity index (χ2v) is 5.20. The highest BCUT2D eigenvalue weighted by Crippen LogP contribution is 2.21. The summed E-state index contributed by atoms with van der Waals surface area (Å²) in [4.78, 5) is 33.7. The number of hydrogen-bond donors (Lipinski definition) is 1. The molecule has 1 aromatic rings. The minimum Gasteiger partial charge on any atom is -0.494 e. The fraction of sp³-hybridized carbons (Fsp3) is 0.438. The number of amides is 2. The number of esters is 1. The van der Waals surface area contributed by atoms with Gasteiger partial charge in [-0.1, -0.05) is 11.6 Å². The standard InChI is InChI=1S/C16H20ClNO6/c1-3-22-16(21)18-14(19)10-24-15(20)5-4-8-23-12-6-7-13(17)11(2)9-12/h6-7,9H,3-5,8,10H2,1-2H3,(H,18,19,21). The van der Waals surface area contributed by atoms with Gasteiger partial charge in [-0.05, 0) is 44.0 Å². The summed E-state index contributed by atoms with van der Waals surface area (Å²) in [7, 11) is 0. The smallest absolute Gasteiger partial charge is 0.413 e. The van der Waals surface area contributed by atoms with Gasteiger partial charge in [0.2, 0.25) is 0 Å². The monoisotopic (exact) mass is 357 g/mol. The van der Waals surface area contributed by atoms with E-state index in [9.17, 15) is 14.4 Å². The number of imide groups is 1. The summed E-state index contributed by atoms with van der Waals surface area (Å²) in [6, 6.07) is 5.29. The van der Waals surface area contributed by atoms with Crippen LogP contribution in [0.4, 0.5) is 4.79 Å². The molecule has 0 fully saturated rings. The fourth-order valence-corrected chi connectivity index (χ4v) is 1.77. The Morgan fingerprint density at radius 1 is 1.21 bits per heavy atom. The van der Waals surface area contributed by atoms with Crippen LogP contribution in [0.25, 0.3) is 0 Å². The van der Waals surface area contributed by atoms with Crippen LogP contribution in [0.3, 0.4) is 0 Å². The number of hydrogen-bond acceptors (Lipinski definition) is 6. The maximum atomic E-state index is 11.5. The molecular weight excluding hydrogens is 338 g/mol. The molecule has 1 rings (SSSR count). The Morgan fingerprint density at radius 3 is 2.62 bits per heavy atom. The number of benzene rings is 1. The van der Waals surface area contributed by atoms with Gasteiger partial charge < -0.3 is 14.2 Å². The zero-order chi connectivity index (χ0) is 17.9. The van der Waals surface area contributed by atoms with Gasteiger partial charge in [-0.25, -0.2) is 4.79 Å². The molecule has 1 aromatic carbocycles. The van der Waals surface area contributed by atoms with Gasteiger partial charge in [0.25, 0.3) is 5.91 Å². The second kappa shape index (κ2) is 10.5. The molecule has 0 spiro atoms. The summed E-state index contributed by atoms with van der Waals surface area (Å²) in [6.07, 6.45) is -0.343. The largest absolute Gasteiger partial charge is 0.494 e. The molecule has 0 saturated carbocycles. The zero-order valence-electron chi connectivity index (χ0n) is 13.6. The number of carbonyl (C=O) groups excluding carboxylic acids is 3. The van der Waals surface area contributed by atoms with Gasteiger partial charge in [-0.2, -0.15) is 0 Å². The van der Waals surface area contributed by atoms with Crippen LogP contribution in [0.15, 0.2) is 18.2 Å². The molecule has 0 aliphatic heterocycles. The third-order valence-corrected chi connectivity index (χ3v) is 3.23. The maximum absolute atomic E-state index is 11.5. The van der Waals surface area contributed by atoms with Crippen molar-refractivity contribution in [2.24, 2.45) is 0 Å². The predicted molar refractivity (Wildman–Crippen MR) is 87.0 cm³/mol. The lowest BCUT2D eigenvalue weighted by Gasteiger charge is -2.08. The normalized spacial score (nSPS) is 9.96. The molecule has 1 N–H and O–H groups in total. The molecule has 0 aliphatic rings. The first-order valence-corrected chi connectivity index (χ1v) is 7.81. The minimum absolute atomic E-state index is 0.0965. The Balaban J connectivity index is 2.16. The van der Waals surface area contributed by atoms with Crippen LogP contribution in [0, 0.1) is 6.92 Å². The highest BCUT2D eigenvalue weighted by molar-refractivity contribution is 6.31. The molecule has 24 heavy (non-hydrogen) atoms. The number of rotatable bonds is 8. The number of alkyl carbamates (subject to hydrolysis) is 1. The SMILES string of the molecule is CCOC(=O)NC(=O)COC(=O)CCCOc1ccc(Cl)c(C)c1. The van der Waals surface area contributed by atoms with E-state index in [0.29, 0.717) is 23.8 Å². The van der Waals surface area contributed by atoms with Crippen LogP contribution < -0.4 is 10.1 Å². The van der Waals surface area contributed by atoms with Gasteiger partial charge in [0.05, 0.1) is 13.2 Å². The van der Waals surface area contributed by atoms with Crippen molar-refractivity contribution in [3.05, 3.63) is 28.8 Å². The van der Waals surface area contributed by atoms with Crippen LogP contribution in [0.2, 0.25) is 5.02 Å². The molecule has 0 heterocycles. The van der Waals surface area contributed by atoms with E-state index in [1.54, 1.807) is 25.1 Å². The van der Waals surface area contributed by atoms with Crippen molar-refractivity contribution in [2.45, 2.75) is 26.7 Å². The molecular formula is C16H20ClNO6. The van der Waals surface area contributed by atoms with E-state index in [1.807, 2.05) is 12.2 Å². The molecule has 0 saturated heterocycles. The molecule has 2 amide bonds. The summed E-state index contributed by atoms with van der Waals surface area (Å²) in [5, 5.41) is 2.58. The summed E-state index contributed by atoms with van der Waals surface area (Å²) in [5.74, 6) is -0.626. The van der Waals surface area contributed by atoms with Crippen molar-refractivity contribution in [2.75, 3.05) is 19.8 Å². The number of aryl methyl sites for hydroxylation is 1. The number of carbonyl (C=O) groups is 3. The van der Waals surface area contributed by atoms with E-state index < -0.39 is 24.6 Å². The number of ether oxygens (including phenoxy) is 3. The molecule has 0 aliphatic carbocycles. The van der Waals surface area contributed by atoms with Gasteiger partial charge in [-0.3, -0.25) is 14.9 Å². The van der Waals surface area contributed by atoms with Crippen LogP contribution in [-0.2, 0) is 19.1 Å². The molecule has 0 bridgehead atoms. The van der Waals surface area contributed by atoms with Crippen LogP contribution >= 0.6 is 11.6 Å². The van der Waals surface area contributed by atoms with Crippen molar-refractivity contribution >= 4 is 29.6 Å². The number of halogens is 1. The molecule has 0 unspecified atom stereocenters. The molecule has 132 valence electrons. The van der Waals surface area contributed by atoms with Crippen molar-refractivity contribution in [1.29, 1.82) is 0 Å². The minimum atomic E-state index is -0.870. The van der Waals surface area contributed by atoms with Crippen LogP contribution in [0.1, 0.15) is 25.3 Å². The van der Waals surface area contributed by atoms with E-state index in [1.165, 1.54) is 0 Å². The van der Waals surface area contributed by atoms with Gasteiger partial charge in [-0.15, -0.1) is 0 Å². The highest BCUT2D eigenvalue weighted by Gasteiger charge is 2.11. The fourth-order valence-electron chi connectivity index (χ4n) is 1.65. The lowest BCUT2D eigenvalue weighted by atomic mass is 10.2. The average molecular weight is 358 g/mol. The van der Waals surface area contributed by atoms with Crippen molar-refractivity contribution < 1.29 is 28.6 Å². The van der Waals surface area contributed by atoms with Crippen molar-refractivity contribution in [3.8, 4) is 5.75 Å². The van der Waals surface area contributed by atoms with Gasteiger partial charge in [0, 0.05) is 11.4 Å². The summed E-state index contributed by atoms with van der Waals surface area (Å²) in [5.41, 5.74) is 0.904. The molecule has 7 nitrogen and oxygen atoms in total. The van der Waals surface area contributed by atoms with Crippen molar-refractivity contribution in [3.63, 3.8) is 0 Å².